The number of benzene rings is 2. The lowest BCUT2D eigenvalue weighted by Gasteiger charge is -2.34. The predicted octanol–water partition coefficient (Wildman–Crippen LogP) is 3.65. The fourth-order valence-corrected chi connectivity index (χ4v) is 5.15. The molecule has 0 bridgehead atoms. The summed E-state index contributed by atoms with van der Waals surface area (Å²) in [6.45, 7) is 3.32. The molecule has 0 amide bonds. The molecule has 27 heavy (non-hydrogen) atoms. The minimum Gasteiger partial charge on any atom is -0.497 e. The van der Waals surface area contributed by atoms with E-state index in [0.29, 0.717) is 23.3 Å². The summed E-state index contributed by atoms with van der Waals surface area (Å²) in [6, 6.07) is 13.9. The molecule has 1 atom stereocenters. The number of ether oxygens (including phenoxy) is 1. The smallest absolute Gasteiger partial charge is 0.244 e. The molecule has 0 saturated heterocycles. The van der Waals surface area contributed by atoms with E-state index in [0.717, 1.165) is 5.56 Å². The Morgan fingerprint density at radius 3 is 2.37 bits per heavy atom. The molecule has 1 aliphatic heterocycles. The first kappa shape index (κ1) is 19.3. The van der Waals surface area contributed by atoms with Gasteiger partial charge in [-0.25, -0.2) is 8.42 Å². The Bertz CT molecular complexity index is 977. The highest BCUT2D eigenvalue weighted by molar-refractivity contribution is 7.89. The molecule has 2 aromatic rings. The van der Waals surface area contributed by atoms with Crippen LogP contribution in [0.15, 0.2) is 65.1 Å². The molecule has 3 rings (SSSR count). The summed E-state index contributed by atoms with van der Waals surface area (Å²) in [5, 5.41) is 0. The maximum Gasteiger partial charge on any atom is 0.244 e. The van der Waals surface area contributed by atoms with E-state index in [1.165, 1.54) is 11.2 Å². The highest BCUT2D eigenvalue weighted by Crippen LogP contribution is 2.36. The summed E-state index contributed by atoms with van der Waals surface area (Å²) in [5.41, 5.74) is 2.08. The van der Waals surface area contributed by atoms with Crippen LogP contribution < -0.4 is 4.74 Å². The normalized spacial score (nSPS) is 18.0. The van der Waals surface area contributed by atoms with Crippen LogP contribution in [0.1, 0.15) is 30.5 Å². The summed E-state index contributed by atoms with van der Waals surface area (Å²) in [7, 11) is -2.17. The minimum atomic E-state index is -3.76. The van der Waals surface area contributed by atoms with Gasteiger partial charge in [-0.1, -0.05) is 36.4 Å². The molecule has 0 fully saturated rings. The number of hydrogen-bond donors (Lipinski definition) is 0. The third-order valence-electron chi connectivity index (χ3n) is 4.89. The molecule has 0 unspecified atom stereocenters. The quantitative estimate of drug-likeness (QED) is 0.788. The third-order valence-corrected chi connectivity index (χ3v) is 6.91. The van der Waals surface area contributed by atoms with Gasteiger partial charge in [-0.15, -0.1) is 0 Å². The number of aryl methyl sites for hydroxylation is 1. The van der Waals surface area contributed by atoms with Crippen LogP contribution in [0.2, 0.25) is 0 Å². The van der Waals surface area contributed by atoms with E-state index in [1.807, 2.05) is 36.4 Å². The van der Waals surface area contributed by atoms with Crippen molar-refractivity contribution in [2.45, 2.75) is 31.2 Å². The molecular weight excluding hydrogens is 362 g/mol. The molecule has 0 radical (unpaired) electrons. The largest absolute Gasteiger partial charge is 0.497 e. The second-order valence-electron chi connectivity index (χ2n) is 6.63. The lowest BCUT2D eigenvalue weighted by molar-refractivity contribution is -0.113. The van der Waals surface area contributed by atoms with E-state index >= 15 is 0 Å². The Labute approximate surface area is 160 Å². The van der Waals surface area contributed by atoms with Crippen LogP contribution in [0, 0.1) is 6.92 Å². The van der Waals surface area contributed by atoms with Gasteiger partial charge in [0, 0.05) is 12.1 Å². The highest BCUT2D eigenvalue weighted by Gasteiger charge is 2.36. The summed E-state index contributed by atoms with van der Waals surface area (Å²) in [4.78, 5) is 12.2. The second-order valence-corrected chi connectivity index (χ2v) is 8.48. The summed E-state index contributed by atoms with van der Waals surface area (Å²) >= 11 is 0. The molecule has 0 aromatic heterocycles. The van der Waals surface area contributed by atoms with E-state index in [9.17, 15) is 13.2 Å². The molecule has 2 aromatic carbocycles. The zero-order valence-corrected chi connectivity index (χ0v) is 16.5. The molecule has 0 N–H and O–H groups in total. The van der Waals surface area contributed by atoms with Gasteiger partial charge in [0.1, 0.15) is 5.75 Å². The number of rotatable bonds is 5. The standard InChI is InChI=1S/C21H23NO4S/c1-15-6-4-5-7-21(15)27(24,25)22-14-18(16(2)23)10-13-20(22)17-8-11-19(26-3)12-9-17/h4-12,20H,13-14H2,1-3H3/t20-/m0/s1. The lowest BCUT2D eigenvalue weighted by atomic mass is 9.97. The number of carbonyl (C=O) groups excluding carboxylic acids is 1. The number of ketones is 1. The number of hydrogen-bond acceptors (Lipinski definition) is 4. The number of nitrogens with zero attached hydrogens (tertiary/aromatic N) is 1. The highest BCUT2D eigenvalue weighted by atomic mass is 32.2. The van der Waals surface area contributed by atoms with Crippen LogP contribution in [0.25, 0.3) is 0 Å². The van der Waals surface area contributed by atoms with Crippen LogP contribution in [-0.2, 0) is 14.8 Å². The lowest BCUT2D eigenvalue weighted by Crippen LogP contribution is -2.39. The fourth-order valence-electron chi connectivity index (χ4n) is 3.32. The van der Waals surface area contributed by atoms with Crippen molar-refractivity contribution < 1.29 is 17.9 Å². The van der Waals surface area contributed by atoms with Crippen molar-refractivity contribution in [3.63, 3.8) is 0 Å². The molecule has 0 saturated carbocycles. The summed E-state index contributed by atoms with van der Waals surface area (Å²) < 4.78 is 33.5. The van der Waals surface area contributed by atoms with Gasteiger partial charge >= 0.3 is 0 Å². The number of carbonyl (C=O) groups is 1. The molecular formula is C21H23NO4S. The molecule has 6 heteroatoms. The van der Waals surface area contributed by atoms with Gasteiger partial charge in [0.25, 0.3) is 0 Å². The average molecular weight is 385 g/mol. The molecule has 5 nitrogen and oxygen atoms in total. The van der Waals surface area contributed by atoms with Crippen molar-refractivity contribution in [3.8, 4) is 5.75 Å². The van der Waals surface area contributed by atoms with Crippen molar-refractivity contribution in [2.24, 2.45) is 0 Å². The van der Waals surface area contributed by atoms with Crippen LogP contribution in [0.3, 0.4) is 0 Å². The number of methoxy groups -OCH3 is 1. The van der Waals surface area contributed by atoms with Crippen LogP contribution in [0.5, 0.6) is 5.75 Å². The van der Waals surface area contributed by atoms with Gasteiger partial charge in [-0.05, 0) is 49.6 Å². The SMILES string of the molecule is COc1ccc([C@@H]2CC=C(C(C)=O)CN2S(=O)(=O)c2ccccc2C)cc1. The topological polar surface area (TPSA) is 63.7 Å². The van der Waals surface area contributed by atoms with Gasteiger partial charge in [0.05, 0.1) is 18.0 Å². The monoisotopic (exact) mass is 385 g/mol. The second kappa shape index (κ2) is 7.66. The first-order valence-corrected chi connectivity index (χ1v) is 10.2. The van der Waals surface area contributed by atoms with E-state index in [1.54, 1.807) is 32.2 Å². The first-order chi connectivity index (χ1) is 12.8. The Morgan fingerprint density at radius 2 is 1.78 bits per heavy atom. The minimum absolute atomic E-state index is 0.0721. The maximum absolute atomic E-state index is 13.4. The Morgan fingerprint density at radius 1 is 1.11 bits per heavy atom. The van der Waals surface area contributed by atoms with Crippen molar-refractivity contribution >= 4 is 15.8 Å². The van der Waals surface area contributed by atoms with Crippen molar-refractivity contribution in [2.75, 3.05) is 13.7 Å². The van der Waals surface area contributed by atoms with Gasteiger partial charge in [-0.3, -0.25) is 4.79 Å². The Balaban J connectivity index is 2.08. The predicted molar refractivity (Wildman–Crippen MR) is 104 cm³/mol. The van der Waals surface area contributed by atoms with Crippen molar-refractivity contribution in [3.05, 3.63) is 71.3 Å². The summed E-state index contributed by atoms with van der Waals surface area (Å²) in [6.07, 6.45) is 2.30. The molecule has 1 heterocycles. The van der Waals surface area contributed by atoms with E-state index in [2.05, 4.69) is 0 Å². The molecule has 1 aliphatic rings. The van der Waals surface area contributed by atoms with E-state index in [-0.39, 0.29) is 23.3 Å². The zero-order chi connectivity index (χ0) is 19.6. The number of sulfonamides is 1. The Hall–Kier alpha value is -2.44. The average Bonchev–Trinajstić information content (AvgIpc) is 2.67. The zero-order valence-electron chi connectivity index (χ0n) is 15.7. The molecule has 0 spiro atoms. The van der Waals surface area contributed by atoms with Gasteiger partial charge in [-0.2, -0.15) is 4.31 Å². The van der Waals surface area contributed by atoms with Crippen molar-refractivity contribution in [1.82, 2.24) is 4.31 Å². The summed E-state index contributed by atoms with van der Waals surface area (Å²) in [5.74, 6) is 0.607. The third kappa shape index (κ3) is 3.82. The first-order valence-electron chi connectivity index (χ1n) is 8.76. The van der Waals surface area contributed by atoms with E-state index in [4.69, 9.17) is 4.74 Å². The van der Waals surface area contributed by atoms with Gasteiger partial charge in [0.15, 0.2) is 5.78 Å². The van der Waals surface area contributed by atoms with Crippen molar-refractivity contribution in [1.29, 1.82) is 0 Å². The van der Waals surface area contributed by atoms with Gasteiger partial charge in [0.2, 0.25) is 10.0 Å². The van der Waals surface area contributed by atoms with Crippen LogP contribution in [-0.4, -0.2) is 32.2 Å². The molecule has 0 aliphatic carbocycles. The van der Waals surface area contributed by atoms with E-state index < -0.39 is 10.0 Å². The van der Waals surface area contributed by atoms with Crippen LogP contribution in [0.4, 0.5) is 0 Å². The fraction of sp³-hybridized carbons (Fsp3) is 0.286. The number of Topliss-reactive ketones (excluding diaryl/α,β-unsaturated/α-hetero) is 1. The van der Waals surface area contributed by atoms with Gasteiger partial charge < -0.3 is 4.74 Å². The van der Waals surface area contributed by atoms with Crippen LogP contribution >= 0.6 is 0 Å². The maximum atomic E-state index is 13.4. The molecule has 142 valence electrons. The Kier molecular flexibility index (Phi) is 5.48.